The number of hydrogen-bond donors (Lipinski definition) is 3. The predicted molar refractivity (Wildman–Crippen MR) is 66.0 cm³/mol. The Morgan fingerprint density at radius 1 is 1.47 bits per heavy atom. The fourth-order valence-electron chi connectivity index (χ4n) is 1.03. The van der Waals surface area contributed by atoms with E-state index in [-0.39, 0.29) is 6.03 Å². The van der Waals surface area contributed by atoms with Crippen molar-refractivity contribution in [1.29, 1.82) is 0 Å². The molecule has 0 bridgehead atoms. The molecule has 2 amide bonds. The lowest BCUT2D eigenvalue weighted by Gasteiger charge is -2.24. The second-order valence-corrected chi connectivity index (χ2v) is 4.25. The average Bonchev–Trinajstić information content (AvgIpc) is 2.31. The molecule has 0 aliphatic carbocycles. The number of carboxylic acids is 1. The molecule has 0 radical (unpaired) electrons. The highest BCUT2D eigenvalue weighted by Gasteiger charge is 2.12. The second-order valence-electron chi connectivity index (χ2n) is 3.34. The molecule has 1 saturated heterocycles. The number of carbonyl (C=O) groups excluding carboxylic acids is 1. The lowest BCUT2D eigenvalue weighted by molar-refractivity contribution is -0.137. The summed E-state index contributed by atoms with van der Waals surface area (Å²) in [5.41, 5.74) is 10.1. The van der Waals surface area contributed by atoms with Crippen LogP contribution in [0, 0.1) is 0 Å². The number of nitrogens with two attached hydrogens (primary N) is 2. The summed E-state index contributed by atoms with van der Waals surface area (Å²) in [6, 6.07) is -1.05. The van der Waals surface area contributed by atoms with Gasteiger partial charge in [0.15, 0.2) is 0 Å². The normalized spacial score (nSPS) is 16.7. The topological polar surface area (TPSA) is 119 Å². The van der Waals surface area contributed by atoms with Gasteiger partial charge in [-0.2, -0.15) is 11.8 Å². The number of amides is 2. The number of morpholine rings is 1. The zero-order chi connectivity index (χ0) is 13.3. The molecule has 0 unspecified atom stereocenters. The summed E-state index contributed by atoms with van der Waals surface area (Å²) in [6.45, 7) is 2.50. The first-order valence-electron chi connectivity index (χ1n) is 5.08. The molecule has 1 heterocycles. The lowest BCUT2D eigenvalue weighted by Crippen LogP contribution is -2.43. The quantitative estimate of drug-likeness (QED) is 0.612. The molecule has 1 fully saturated rings. The zero-order valence-electron chi connectivity index (χ0n) is 9.80. The Kier molecular flexibility index (Phi) is 8.55. The number of thioether (sulfide) groups is 1. The van der Waals surface area contributed by atoms with Gasteiger partial charge in [-0.1, -0.05) is 0 Å². The van der Waals surface area contributed by atoms with Crippen molar-refractivity contribution in [2.75, 3.05) is 38.3 Å². The first-order valence-corrected chi connectivity index (χ1v) is 6.47. The second kappa shape index (κ2) is 9.08. The van der Waals surface area contributed by atoms with Crippen LogP contribution in [0.25, 0.3) is 0 Å². The van der Waals surface area contributed by atoms with E-state index < -0.39 is 12.0 Å². The number of urea groups is 1. The molecule has 8 heteroatoms. The first-order chi connectivity index (χ1) is 7.99. The molecule has 1 atom stereocenters. The predicted octanol–water partition coefficient (Wildman–Crippen LogP) is -0.841. The molecule has 0 aromatic carbocycles. The Labute approximate surface area is 104 Å². The van der Waals surface area contributed by atoms with Crippen LogP contribution in [0.4, 0.5) is 4.79 Å². The highest BCUT2D eigenvalue weighted by molar-refractivity contribution is 7.98. The van der Waals surface area contributed by atoms with E-state index in [1.807, 2.05) is 6.26 Å². The molecule has 17 heavy (non-hydrogen) atoms. The molecule has 100 valence electrons. The first kappa shape index (κ1) is 16.0. The number of carbonyl (C=O) groups is 2. The largest absolute Gasteiger partial charge is 0.480 e. The molecular weight excluding hydrogens is 246 g/mol. The molecule has 1 aliphatic heterocycles. The van der Waals surface area contributed by atoms with E-state index in [9.17, 15) is 9.59 Å². The van der Waals surface area contributed by atoms with Gasteiger partial charge in [-0.05, 0) is 6.26 Å². The third kappa shape index (κ3) is 7.83. The Bertz CT molecular complexity index is 246. The molecule has 0 aromatic rings. The Balaban J connectivity index is 0.000000304. The minimum Gasteiger partial charge on any atom is -0.480 e. The van der Waals surface area contributed by atoms with Gasteiger partial charge in [0, 0.05) is 18.8 Å². The van der Waals surface area contributed by atoms with Gasteiger partial charge in [-0.3, -0.25) is 4.79 Å². The van der Waals surface area contributed by atoms with E-state index >= 15 is 0 Å². The maximum atomic E-state index is 10.4. The molecule has 1 rings (SSSR count). The van der Waals surface area contributed by atoms with Crippen molar-refractivity contribution in [2.24, 2.45) is 11.5 Å². The Morgan fingerprint density at radius 2 is 2.00 bits per heavy atom. The van der Waals surface area contributed by atoms with Crippen LogP contribution in [0.2, 0.25) is 0 Å². The molecule has 7 nitrogen and oxygen atoms in total. The van der Waals surface area contributed by atoms with Gasteiger partial charge in [0.25, 0.3) is 0 Å². The van der Waals surface area contributed by atoms with Crippen molar-refractivity contribution < 1.29 is 19.4 Å². The van der Waals surface area contributed by atoms with Crippen LogP contribution in [-0.4, -0.2) is 66.4 Å². The van der Waals surface area contributed by atoms with Crippen LogP contribution in [0.5, 0.6) is 0 Å². The number of rotatable bonds is 3. The van der Waals surface area contributed by atoms with E-state index in [1.165, 1.54) is 11.8 Å². The summed E-state index contributed by atoms with van der Waals surface area (Å²) in [6.07, 6.45) is 1.82. The van der Waals surface area contributed by atoms with Gasteiger partial charge in [0.2, 0.25) is 0 Å². The van der Waals surface area contributed by atoms with Crippen molar-refractivity contribution >= 4 is 23.8 Å². The van der Waals surface area contributed by atoms with Crippen LogP contribution in [0.3, 0.4) is 0 Å². The van der Waals surface area contributed by atoms with Crippen LogP contribution in [0.15, 0.2) is 0 Å². The monoisotopic (exact) mass is 265 g/mol. The lowest BCUT2D eigenvalue weighted by atomic mass is 10.4. The minimum atomic E-state index is -0.931. The molecule has 0 aromatic heterocycles. The van der Waals surface area contributed by atoms with Gasteiger partial charge in [0.05, 0.1) is 13.2 Å². The van der Waals surface area contributed by atoms with Crippen molar-refractivity contribution in [3.05, 3.63) is 0 Å². The molecular formula is C9H19N3O4S. The third-order valence-electron chi connectivity index (χ3n) is 1.99. The molecule has 1 aliphatic rings. The minimum absolute atomic E-state index is 0.349. The number of primary amides is 1. The molecule has 5 N–H and O–H groups in total. The Hall–Kier alpha value is -0.990. The molecule has 0 spiro atoms. The fraction of sp³-hybridized carbons (Fsp3) is 0.778. The molecule has 0 saturated carbocycles. The van der Waals surface area contributed by atoms with Crippen LogP contribution < -0.4 is 11.5 Å². The van der Waals surface area contributed by atoms with Crippen LogP contribution in [-0.2, 0) is 9.53 Å². The van der Waals surface area contributed by atoms with Crippen molar-refractivity contribution in [3.63, 3.8) is 0 Å². The van der Waals surface area contributed by atoms with E-state index in [4.69, 9.17) is 21.3 Å². The number of aliphatic carboxylic acids is 1. The SMILES string of the molecule is CSC[C@H](N)C(=O)O.NC(=O)N1CCOCC1. The number of nitrogens with zero attached hydrogens (tertiary/aromatic N) is 1. The fourth-order valence-corrected chi connectivity index (χ4v) is 1.54. The zero-order valence-corrected chi connectivity index (χ0v) is 10.6. The van der Waals surface area contributed by atoms with E-state index in [0.29, 0.717) is 32.1 Å². The summed E-state index contributed by atoms with van der Waals surface area (Å²) in [7, 11) is 0. The van der Waals surface area contributed by atoms with Crippen LogP contribution >= 0.6 is 11.8 Å². The van der Waals surface area contributed by atoms with Gasteiger partial charge in [0.1, 0.15) is 6.04 Å². The van der Waals surface area contributed by atoms with Crippen molar-refractivity contribution in [2.45, 2.75) is 6.04 Å². The van der Waals surface area contributed by atoms with Crippen LogP contribution in [0.1, 0.15) is 0 Å². The van der Waals surface area contributed by atoms with E-state index in [1.54, 1.807) is 4.90 Å². The standard InChI is InChI=1S/C5H10N2O2.C4H9NO2S/c6-5(8)7-1-3-9-4-2-7;1-8-2-3(5)4(6)7/h1-4H2,(H2,6,8);3H,2,5H2,1H3,(H,6,7)/t;3-/m.0/s1. The van der Waals surface area contributed by atoms with Gasteiger partial charge >= 0.3 is 12.0 Å². The maximum absolute atomic E-state index is 10.4. The van der Waals surface area contributed by atoms with E-state index in [2.05, 4.69) is 0 Å². The maximum Gasteiger partial charge on any atom is 0.321 e. The van der Waals surface area contributed by atoms with Crippen molar-refractivity contribution in [1.82, 2.24) is 4.90 Å². The third-order valence-corrected chi connectivity index (χ3v) is 2.68. The van der Waals surface area contributed by atoms with Crippen molar-refractivity contribution in [3.8, 4) is 0 Å². The summed E-state index contributed by atoms with van der Waals surface area (Å²) >= 11 is 1.43. The highest BCUT2D eigenvalue weighted by Crippen LogP contribution is 1.94. The number of carboxylic acid groups (broad SMARTS) is 1. The van der Waals surface area contributed by atoms with E-state index in [0.717, 1.165) is 0 Å². The highest BCUT2D eigenvalue weighted by atomic mass is 32.2. The number of ether oxygens (including phenoxy) is 1. The average molecular weight is 265 g/mol. The Morgan fingerprint density at radius 3 is 2.24 bits per heavy atom. The number of hydrogen-bond acceptors (Lipinski definition) is 5. The van der Waals surface area contributed by atoms with Gasteiger partial charge < -0.3 is 26.2 Å². The summed E-state index contributed by atoms with van der Waals surface area (Å²) in [5, 5.41) is 8.17. The summed E-state index contributed by atoms with van der Waals surface area (Å²) < 4.78 is 5.00. The summed E-state index contributed by atoms with van der Waals surface area (Å²) in [4.78, 5) is 22.0. The summed E-state index contributed by atoms with van der Waals surface area (Å²) in [5.74, 6) is -0.450. The van der Waals surface area contributed by atoms with Gasteiger partial charge in [-0.15, -0.1) is 0 Å². The smallest absolute Gasteiger partial charge is 0.321 e. The van der Waals surface area contributed by atoms with Gasteiger partial charge in [-0.25, -0.2) is 4.79 Å².